The van der Waals surface area contributed by atoms with Crippen LogP contribution in [0.3, 0.4) is 0 Å². The van der Waals surface area contributed by atoms with Crippen molar-refractivity contribution in [3.8, 4) is 0 Å². The second-order valence-electron chi connectivity index (χ2n) is 8.51. The summed E-state index contributed by atoms with van der Waals surface area (Å²) in [4.78, 5) is 17.4. The van der Waals surface area contributed by atoms with Crippen LogP contribution in [0.4, 0.5) is 11.4 Å². The highest BCUT2D eigenvalue weighted by atomic mass is 35.5. The number of sulfonamides is 1. The smallest absolute Gasteiger partial charge is 0.264 e. The highest BCUT2D eigenvalue weighted by Crippen LogP contribution is 2.31. The largest absolute Gasteiger partial charge is 0.368 e. The molecule has 1 fully saturated rings. The number of amides is 1. The summed E-state index contributed by atoms with van der Waals surface area (Å²) in [5.41, 5.74) is 3.91. The summed E-state index contributed by atoms with van der Waals surface area (Å²) in [6.07, 6.45) is 0. The van der Waals surface area contributed by atoms with Crippen LogP contribution < -0.4 is 9.21 Å². The first-order valence-corrected chi connectivity index (χ1v) is 13.5. The third kappa shape index (κ3) is 5.42. The summed E-state index contributed by atoms with van der Waals surface area (Å²) < 4.78 is 28.2. The van der Waals surface area contributed by atoms with Gasteiger partial charge in [0.25, 0.3) is 10.0 Å². The predicted octanol–water partition coefficient (Wildman–Crippen LogP) is 5.15. The van der Waals surface area contributed by atoms with Crippen LogP contribution in [0, 0.1) is 13.8 Å². The molecule has 0 aliphatic carbocycles. The quantitative estimate of drug-likeness (QED) is 0.441. The number of nitrogens with zero attached hydrogens (tertiary/aromatic N) is 3. The van der Waals surface area contributed by atoms with Crippen LogP contribution in [0.25, 0.3) is 0 Å². The molecule has 3 aromatic rings. The Bertz CT molecular complexity index is 1320. The number of halogens is 2. The average molecular weight is 532 g/mol. The van der Waals surface area contributed by atoms with Gasteiger partial charge in [-0.1, -0.05) is 53.5 Å². The molecule has 1 amide bonds. The molecule has 1 heterocycles. The van der Waals surface area contributed by atoms with Gasteiger partial charge in [-0.15, -0.1) is 0 Å². The van der Waals surface area contributed by atoms with E-state index >= 15 is 0 Å². The van der Waals surface area contributed by atoms with Crippen LogP contribution >= 0.6 is 23.2 Å². The molecule has 1 saturated heterocycles. The number of hydrogen-bond donors (Lipinski definition) is 0. The predicted molar refractivity (Wildman–Crippen MR) is 142 cm³/mol. The maximum absolute atomic E-state index is 13.5. The van der Waals surface area contributed by atoms with Crippen molar-refractivity contribution >= 4 is 50.5 Å². The third-order valence-electron chi connectivity index (χ3n) is 6.35. The molecule has 184 valence electrons. The molecular weight excluding hydrogens is 505 g/mol. The highest BCUT2D eigenvalue weighted by Gasteiger charge is 2.30. The van der Waals surface area contributed by atoms with Crippen molar-refractivity contribution in [3.63, 3.8) is 0 Å². The van der Waals surface area contributed by atoms with Gasteiger partial charge in [0.2, 0.25) is 5.91 Å². The fraction of sp³-hybridized carbons (Fsp3) is 0.269. The summed E-state index contributed by atoms with van der Waals surface area (Å²) in [5.74, 6) is -0.267. The number of piperazine rings is 1. The fourth-order valence-electron chi connectivity index (χ4n) is 4.17. The zero-order valence-electron chi connectivity index (χ0n) is 19.6. The lowest BCUT2D eigenvalue weighted by molar-refractivity contribution is -0.129. The SMILES string of the molecule is Cc1cccc(N2CCN(C(=O)CN(c3ccc(Cl)c(Cl)c3)S(=O)(=O)c3ccccc3)CC2)c1C. The van der Waals surface area contributed by atoms with Crippen molar-refractivity contribution in [1.82, 2.24) is 4.90 Å². The molecule has 0 aromatic heterocycles. The molecule has 0 spiro atoms. The number of carbonyl (C=O) groups is 1. The summed E-state index contributed by atoms with van der Waals surface area (Å²) in [7, 11) is -4.01. The van der Waals surface area contributed by atoms with Gasteiger partial charge in [-0.2, -0.15) is 0 Å². The number of carbonyl (C=O) groups excluding carboxylic acids is 1. The Hall–Kier alpha value is -2.74. The van der Waals surface area contributed by atoms with E-state index in [4.69, 9.17) is 23.2 Å². The number of rotatable bonds is 6. The van der Waals surface area contributed by atoms with E-state index in [2.05, 4.69) is 30.9 Å². The first-order valence-electron chi connectivity index (χ1n) is 11.3. The monoisotopic (exact) mass is 531 g/mol. The highest BCUT2D eigenvalue weighted by molar-refractivity contribution is 7.92. The van der Waals surface area contributed by atoms with Gasteiger partial charge in [0.15, 0.2) is 0 Å². The van der Waals surface area contributed by atoms with Gasteiger partial charge in [-0.3, -0.25) is 9.10 Å². The molecule has 0 unspecified atom stereocenters. The van der Waals surface area contributed by atoms with E-state index < -0.39 is 10.0 Å². The topological polar surface area (TPSA) is 60.9 Å². The zero-order chi connectivity index (χ0) is 25.2. The Kier molecular flexibility index (Phi) is 7.59. The first kappa shape index (κ1) is 25.4. The van der Waals surface area contributed by atoms with Crippen molar-refractivity contribution in [3.05, 3.63) is 87.9 Å². The van der Waals surface area contributed by atoms with E-state index in [1.807, 2.05) is 6.07 Å². The van der Waals surface area contributed by atoms with E-state index in [0.717, 1.165) is 4.31 Å². The van der Waals surface area contributed by atoms with Crippen molar-refractivity contribution in [2.75, 3.05) is 41.9 Å². The Morgan fingerprint density at radius 3 is 2.23 bits per heavy atom. The molecule has 0 bridgehead atoms. The van der Waals surface area contributed by atoms with Gasteiger partial charge in [-0.05, 0) is 61.4 Å². The standard InChI is InChI=1S/C26H27Cl2N3O3S/c1-19-7-6-10-25(20(19)2)29-13-15-30(16-14-29)26(32)18-31(21-11-12-23(27)24(28)17-21)35(33,34)22-8-4-3-5-9-22/h3-12,17H,13-16,18H2,1-2H3. The van der Waals surface area contributed by atoms with Crippen molar-refractivity contribution in [1.29, 1.82) is 0 Å². The molecule has 0 atom stereocenters. The van der Waals surface area contributed by atoms with Gasteiger partial charge >= 0.3 is 0 Å². The van der Waals surface area contributed by atoms with E-state index in [9.17, 15) is 13.2 Å². The van der Waals surface area contributed by atoms with Crippen LogP contribution in [0.5, 0.6) is 0 Å². The molecule has 0 N–H and O–H groups in total. The van der Waals surface area contributed by atoms with Gasteiger partial charge < -0.3 is 9.80 Å². The lowest BCUT2D eigenvalue weighted by atomic mass is 10.1. The fourth-order valence-corrected chi connectivity index (χ4v) is 5.89. The molecule has 1 aliphatic heterocycles. The van der Waals surface area contributed by atoms with E-state index in [1.165, 1.54) is 41.1 Å². The molecule has 6 nitrogen and oxygen atoms in total. The summed E-state index contributed by atoms with van der Waals surface area (Å²) in [6, 6.07) is 18.8. The second kappa shape index (κ2) is 10.5. The Balaban J connectivity index is 1.55. The second-order valence-corrected chi connectivity index (χ2v) is 11.2. The van der Waals surface area contributed by atoms with Crippen molar-refractivity contribution < 1.29 is 13.2 Å². The molecule has 0 radical (unpaired) electrons. The summed E-state index contributed by atoms with van der Waals surface area (Å²) >= 11 is 12.2. The normalized spacial score (nSPS) is 14.2. The lowest BCUT2D eigenvalue weighted by Gasteiger charge is -2.38. The van der Waals surface area contributed by atoms with Gasteiger partial charge in [-0.25, -0.2) is 8.42 Å². The first-order chi connectivity index (χ1) is 16.7. The zero-order valence-corrected chi connectivity index (χ0v) is 21.9. The van der Waals surface area contributed by atoms with Crippen LogP contribution in [0.15, 0.2) is 71.6 Å². The van der Waals surface area contributed by atoms with Crippen LogP contribution in [-0.4, -0.2) is 51.9 Å². The maximum atomic E-state index is 13.5. The van der Waals surface area contributed by atoms with Gasteiger partial charge in [0.1, 0.15) is 6.54 Å². The maximum Gasteiger partial charge on any atom is 0.264 e. The third-order valence-corrected chi connectivity index (χ3v) is 8.88. The molecule has 35 heavy (non-hydrogen) atoms. The van der Waals surface area contributed by atoms with Crippen LogP contribution in [0.2, 0.25) is 10.0 Å². The van der Waals surface area contributed by atoms with Crippen LogP contribution in [0.1, 0.15) is 11.1 Å². The Labute approximate surface area is 216 Å². The lowest BCUT2D eigenvalue weighted by Crippen LogP contribution is -2.52. The number of hydrogen-bond acceptors (Lipinski definition) is 4. The van der Waals surface area contributed by atoms with Crippen molar-refractivity contribution in [2.45, 2.75) is 18.7 Å². The minimum absolute atomic E-state index is 0.0959. The molecule has 4 rings (SSSR count). The minimum Gasteiger partial charge on any atom is -0.368 e. The van der Waals surface area contributed by atoms with Gasteiger partial charge in [0.05, 0.1) is 20.6 Å². The van der Waals surface area contributed by atoms with E-state index in [-0.39, 0.29) is 28.1 Å². The van der Waals surface area contributed by atoms with E-state index in [1.54, 1.807) is 29.2 Å². The molecule has 3 aromatic carbocycles. The molecule has 0 saturated carbocycles. The van der Waals surface area contributed by atoms with Crippen molar-refractivity contribution in [2.24, 2.45) is 0 Å². The Morgan fingerprint density at radius 2 is 1.57 bits per heavy atom. The number of anilines is 2. The summed E-state index contributed by atoms with van der Waals surface area (Å²) in [5, 5.41) is 0.522. The summed E-state index contributed by atoms with van der Waals surface area (Å²) in [6.45, 7) is 6.22. The van der Waals surface area contributed by atoms with Gasteiger partial charge in [0, 0.05) is 31.9 Å². The molecular formula is C26H27Cl2N3O3S. The number of aryl methyl sites for hydroxylation is 1. The van der Waals surface area contributed by atoms with Crippen LogP contribution in [-0.2, 0) is 14.8 Å². The average Bonchev–Trinajstić information content (AvgIpc) is 2.86. The molecule has 9 heteroatoms. The molecule has 1 aliphatic rings. The van der Waals surface area contributed by atoms with E-state index in [0.29, 0.717) is 31.2 Å². The minimum atomic E-state index is -4.01. The number of benzene rings is 3. The Morgan fingerprint density at radius 1 is 0.886 bits per heavy atom.